The summed E-state index contributed by atoms with van der Waals surface area (Å²) in [6.45, 7) is 2.83. The lowest BCUT2D eigenvalue weighted by Crippen LogP contribution is -2.40. The van der Waals surface area contributed by atoms with Crippen LogP contribution >= 0.6 is 22.6 Å². The number of para-hydroxylation sites is 1. The van der Waals surface area contributed by atoms with Gasteiger partial charge in [0.2, 0.25) is 0 Å². The van der Waals surface area contributed by atoms with Crippen molar-refractivity contribution in [1.29, 1.82) is 0 Å². The molecule has 0 spiro atoms. The van der Waals surface area contributed by atoms with Crippen LogP contribution in [-0.4, -0.2) is 30.6 Å². The summed E-state index contributed by atoms with van der Waals surface area (Å²) in [6.07, 6.45) is 1.82. The molecule has 1 N–H and O–H groups in total. The number of nitrogens with one attached hydrogen (secondary N) is 1. The Morgan fingerprint density at radius 2 is 1.76 bits per heavy atom. The van der Waals surface area contributed by atoms with Crippen LogP contribution in [0.25, 0.3) is 0 Å². The zero-order chi connectivity index (χ0) is 17.5. The first-order valence-corrected chi connectivity index (χ1v) is 9.74. The van der Waals surface area contributed by atoms with Crippen molar-refractivity contribution in [1.82, 2.24) is 4.90 Å². The molecule has 0 saturated carbocycles. The Labute approximate surface area is 162 Å². The Morgan fingerprint density at radius 1 is 1.08 bits per heavy atom. The molecule has 3 rings (SSSR count). The van der Waals surface area contributed by atoms with E-state index in [1.165, 1.54) is 9.26 Å². The molecular formula is C20H23IN2O2. The van der Waals surface area contributed by atoms with Gasteiger partial charge >= 0.3 is 6.09 Å². The fourth-order valence-corrected chi connectivity index (χ4v) is 3.57. The van der Waals surface area contributed by atoms with E-state index in [-0.39, 0.29) is 6.09 Å². The maximum absolute atomic E-state index is 12.2. The third-order valence-electron chi connectivity index (χ3n) is 4.53. The highest BCUT2D eigenvalue weighted by atomic mass is 127. The van der Waals surface area contributed by atoms with E-state index in [2.05, 4.69) is 46.1 Å². The van der Waals surface area contributed by atoms with Gasteiger partial charge in [0, 0.05) is 28.9 Å². The Kier molecular flexibility index (Phi) is 6.55. The van der Waals surface area contributed by atoms with E-state index in [1.54, 1.807) is 0 Å². The largest absolute Gasteiger partial charge is 0.445 e. The molecule has 0 radical (unpaired) electrons. The van der Waals surface area contributed by atoms with Crippen molar-refractivity contribution >= 4 is 34.4 Å². The van der Waals surface area contributed by atoms with Gasteiger partial charge in [0.25, 0.3) is 0 Å². The summed E-state index contributed by atoms with van der Waals surface area (Å²) in [5.41, 5.74) is 2.21. The van der Waals surface area contributed by atoms with Gasteiger partial charge in [-0.2, -0.15) is 0 Å². The number of carbonyl (C=O) groups excluding carboxylic acids is 1. The molecule has 4 nitrogen and oxygen atoms in total. The summed E-state index contributed by atoms with van der Waals surface area (Å²) in [5, 5.41) is 3.53. The van der Waals surface area contributed by atoms with Gasteiger partial charge in [-0.3, -0.25) is 0 Å². The zero-order valence-electron chi connectivity index (χ0n) is 14.2. The second-order valence-electron chi connectivity index (χ2n) is 6.33. The molecule has 0 bridgehead atoms. The van der Waals surface area contributed by atoms with Gasteiger partial charge < -0.3 is 15.0 Å². The standard InChI is InChI=1S/C20H23IN2O2/c21-18-8-4-5-9-19(18)22-14-16-10-12-23(13-11-16)20(24)25-15-17-6-2-1-3-7-17/h1-9,16,22H,10-15H2. The lowest BCUT2D eigenvalue weighted by atomic mass is 9.97. The zero-order valence-corrected chi connectivity index (χ0v) is 16.3. The first-order chi connectivity index (χ1) is 12.2. The first-order valence-electron chi connectivity index (χ1n) is 8.66. The molecule has 132 valence electrons. The van der Waals surface area contributed by atoms with Crippen LogP contribution in [0.4, 0.5) is 10.5 Å². The fraction of sp³-hybridized carbons (Fsp3) is 0.350. The number of nitrogens with zero attached hydrogens (tertiary/aromatic N) is 1. The highest BCUT2D eigenvalue weighted by Gasteiger charge is 2.23. The second-order valence-corrected chi connectivity index (χ2v) is 7.49. The van der Waals surface area contributed by atoms with Crippen LogP contribution in [0.3, 0.4) is 0 Å². The molecule has 1 fully saturated rings. The van der Waals surface area contributed by atoms with Gasteiger partial charge in [-0.1, -0.05) is 42.5 Å². The minimum atomic E-state index is -0.201. The molecule has 0 aromatic heterocycles. The summed E-state index contributed by atoms with van der Waals surface area (Å²) >= 11 is 2.35. The van der Waals surface area contributed by atoms with Crippen molar-refractivity contribution in [2.24, 2.45) is 5.92 Å². The van der Waals surface area contributed by atoms with Crippen LogP contribution in [-0.2, 0) is 11.3 Å². The number of amides is 1. The molecule has 2 aromatic rings. The lowest BCUT2D eigenvalue weighted by molar-refractivity contribution is 0.0832. The van der Waals surface area contributed by atoms with Crippen molar-refractivity contribution in [3.63, 3.8) is 0 Å². The predicted octanol–water partition coefficient (Wildman–Crippen LogP) is 4.75. The smallest absolute Gasteiger partial charge is 0.410 e. The minimum Gasteiger partial charge on any atom is -0.445 e. The second kappa shape index (κ2) is 9.08. The van der Waals surface area contributed by atoms with Crippen LogP contribution in [0, 0.1) is 9.49 Å². The summed E-state index contributed by atoms with van der Waals surface area (Å²) < 4.78 is 6.66. The average Bonchev–Trinajstić information content (AvgIpc) is 2.67. The SMILES string of the molecule is O=C(OCc1ccccc1)N1CCC(CNc2ccccc2I)CC1. The van der Waals surface area contributed by atoms with Gasteiger partial charge in [-0.25, -0.2) is 4.79 Å². The Morgan fingerprint density at radius 3 is 2.48 bits per heavy atom. The van der Waals surface area contributed by atoms with E-state index in [4.69, 9.17) is 4.74 Å². The number of hydrogen-bond acceptors (Lipinski definition) is 3. The van der Waals surface area contributed by atoms with E-state index < -0.39 is 0 Å². The summed E-state index contributed by atoms with van der Waals surface area (Å²) in [7, 11) is 0. The monoisotopic (exact) mass is 450 g/mol. The van der Waals surface area contributed by atoms with Crippen LogP contribution < -0.4 is 5.32 Å². The molecule has 5 heteroatoms. The quantitative estimate of drug-likeness (QED) is 0.669. The van der Waals surface area contributed by atoms with E-state index in [1.807, 2.05) is 41.3 Å². The van der Waals surface area contributed by atoms with Crippen molar-refractivity contribution in [3.8, 4) is 0 Å². The molecule has 2 aromatic carbocycles. The van der Waals surface area contributed by atoms with E-state index in [9.17, 15) is 4.79 Å². The number of rotatable bonds is 5. The van der Waals surface area contributed by atoms with Gasteiger partial charge in [0.1, 0.15) is 6.61 Å². The number of carbonyl (C=O) groups is 1. The number of benzene rings is 2. The van der Waals surface area contributed by atoms with Crippen molar-refractivity contribution in [2.45, 2.75) is 19.4 Å². The number of hydrogen-bond donors (Lipinski definition) is 1. The minimum absolute atomic E-state index is 0.201. The molecule has 0 atom stereocenters. The van der Waals surface area contributed by atoms with Gasteiger partial charge in [-0.15, -0.1) is 0 Å². The third kappa shape index (κ3) is 5.36. The lowest BCUT2D eigenvalue weighted by Gasteiger charge is -2.31. The maximum Gasteiger partial charge on any atom is 0.410 e. The van der Waals surface area contributed by atoms with E-state index >= 15 is 0 Å². The highest BCUT2D eigenvalue weighted by molar-refractivity contribution is 14.1. The molecule has 1 aliphatic rings. The van der Waals surface area contributed by atoms with Gasteiger partial charge in [0.15, 0.2) is 0 Å². The molecule has 1 amide bonds. The molecule has 1 saturated heterocycles. The Bertz CT molecular complexity index is 685. The number of anilines is 1. The van der Waals surface area contributed by atoms with E-state index in [0.29, 0.717) is 12.5 Å². The van der Waals surface area contributed by atoms with Gasteiger partial charge in [-0.05, 0) is 59.0 Å². The Balaban J connectivity index is 1.39. The number of halogens is 1. The summed E-state index contributed by atoms with van der Waals surface area (Å²) in [6, 6.07) is 18.1. The average molecular weight is 450 g/mol. The van der Waals surface area contributed by atoms with E-state index in [0.717, 1.165) is 38.0 Å². The third-order valence-corrected chi connectivity index (χ3v) is 5.47. The number of likely N-dealkylation sites (tertiary alicyclic amines) is 1. The van der Waals surface area contributed by atoms with Crippen LogP contribution in [0.2, 0.25) is 0 Å². The van der Waals surface area contributed by atoms with Crippen molar-refractivity contribution < 1.29 is 9.53 Å². The van der Waals surface area contributed by atoms with Crippen molar-refractivity contribution in [2.75, 3.05) is 25.0 Å². The molecule has 25 heavy (non-hydrogen) atoms. The number of ether oxygens (including phenoxy) is 1. The molecular weight excluding hydrogens is 427 g/mol. The predicted molar refractivity (Wildman–Crippen MR) is 109 cm³/mol. The maximum atomic E-state index is 12.2. The van der Waals surface area contributed by atoms with Gasteiger partial charge in [0.05, 0.1) is 0 Å². The molecule has 1 aliphatic heterocycles. The number of piperidine rings is 1. The molecule has 1 heterocycles. The first kappa shape index (κ1) is 18.0. The molecule has 0 unspecified atom stereocenters. The summed E-state index contributed by atoms with van der Waals surface area (Å²) in [5.74, 6) is 0.592. The van der Waals surface area contributed by atoms with Crippen molar-refractivity contribution in [3.05, 3.63) is 63.7 Å². The topological polar surface area (TPSA) is 41.6 Å². The highest BCUT2D eigenvalue weighted by Crippen LogP contribution is 2.21. The van der Waals surface area contributed by atoms with Crippen LogP contribution in [0.5, 0.6) is 0 Å². The summed E-state index contributed by atoms with van der Waals surface area (Å²) in [4.78, 5) is 14.0. The molecule has 0 aliphatic carbocycles. The van der Waals surface area contributed by atoms with Crippen LogP contribution in [0.15, 0.2) is 54.6 Å². The normalized spacial score (nSPS) is 15.0. The fourth-order valence-electron chi connectivity index (χ4n) is 2.99. The van der Waals surface area contributed by atoms with Crippen LogP contribution in [0.1, 0.15) is 18.4 Å². The Hall–Kier alpha value is -1.76.